The second-order valence-electron chi connectivity index (χ2n) is 6.61. The van der Waals surface area contributed by atoms with E-state index in [1.807, 2.05) is 0 Å². The van der Waals surface area contributed by atoms with Crippen molar-refractivity contribution in [3.63, 3.8) is 0 Å². The molecule has 2 nitrogen and oxygen atoms in total. The summed E-state index contributed by atoms with van der Waals surface area (Å²) >= 11 is 3.60. The third-order valence-electron chi connectivity index (χ3n) is 4.72. The van der Waals surface area contributed by atoms with Crippen LogP contribution in [0, 0.1) is 5.41 Å². The lowest BCUT2D eigenvalue weighted by Crippen LogP contribution is -2.45. The molecule has 0 saturated carbocycles. The summed E-state index contributed by atoms with van der Waals surface area (Å²) in [7, 11) is 0. The van der Waals surface area contributed by atoms with Crippen molar-refractivity contribution >= 4 is 28.3 Å². The summed E-state index contributed by atoms with van der Waals surface area (Å²) in [5.41, 5.74) is 3.49. The van der Waals surface area contributed by atoms with Gasteiger partial charge in [-0.1, -0.05) is 28.9 Å². The third-order valence-corrected chi connectivity index (χ3v) is 5.22. The van der Waals surface area contributed by atoms with Gasteiger partial charge in [-0.05, 0) is 55.0 Å². The molecule has 2 aliphatic rings. The predicted molar refractivity (Wildman–Crippen MR) is 90.6 cm³/mol. The molecule has 0 amide bonds. The zero-order valence-corrected chi connectivity index (χ0v) is 14.7. The molecule has 20 heavy (non-hydrogen) atoms. The van der Waals surface area contributed by atoms with Gasteiger partial charge in [0.15, 0.2) is 0 Å². The van der Waals surface area contributed by atoms with E-state index in [2.05, 4.69) is 58.2 Å². The molecule has 1 aromatic rings. The van der Waals surface area contributed by atoms with Crippen LogP contribution in [0.3, 0.4) is 0 Å². The van der Waals surface area contributed by atoms with E-state index in [0.717, 1.165) is 6.54 Å². The van der Waals surface area contributed by atoms with E-state index < -0.39 is 0 Å². The van der Waals surface area contributed by atoms with Crippen molar-refractivity contribution in [1.82, 2.24) is 10.2 Å². The summed E-state index contributed by atoms with van der Waals surface area (Å²) < 4.78 is 1.20. The van der Waals surface area contributed by atoms with E-state index in [9.17, 15) is 0 Å². The van der Waals surface area contributed by atoms with Gasteiger partial charge in [0.05, 0.1) is 0 Å². The summed E-state index contributed by atoms with van der Waals surface area (Å²) in [6.07, 6.45) is 2.49. The first-order valence-corrected chi connectivity index (χ1v) is 8.07. The third kappa shape index (κ3) is 3.38. The van der Waals surface area contributed by atoms with E-state index in [4.69, 9.17) is 0 Å². The Kier molecular flexibility index (Phi) is 5.17. The molecule has 2 heterocycles. The van der Waals surface area contributed by atoms with Crippen LogP contribution in [0.5, 0.6) is 0 Å². The predicted octanol–water partition coefficient (Wildman–Crippen LogP) is 3.62. The van der Waals surface area contributed by atoms with E-state index in [1.54, 1.807) is 0 Å². The number of hydrogen-bond donors (Lipinski definition) is 1. The molecular weight excluding hydrogens is 336 g/mol. The maximum Gasteiger partial charge on any atom is 0.0240 e. The molecular formula is C16H24BrClN2. The molecule has 1 N–H and O–H groups in total. The molecule has 1 saturated heterocycles. The van der Waals surface area contributed by atoms with Gasteiger partial charge in [-0.2, -0.15) is 0 Å². The maximum absolute atomic E-state index is 3.60. The second kappa shape index (κ2) is 6.35. The summed E-state index contributed by atoms with van der Waals surface area (Å²) in [4.78, 5) is 2.67. The fourth-order valence-electron chi connectivity index (χ4n) is 3.47. The molecule has 2 unspecified atom stereocenters. The molecule has 112 valence electrons. The number of hydrogen-bond acceptors (Lipinski definition) is 2. The number of rotatable bonds is 2. The highest BCUT2D eigenvalue weighted by molar-refractivity contribution is 9.10. The van der Waals surface area contributed by atoms with Gasteiger partial charge in [0.1, 0.15) is 0 Å². The van der Waals surface area contributed by atoms with Gasteiger partial charge in [0.2, 0.25) is 0 Å². The van der Waals surface area contributed by atoms with E-state index in [-0.39, 0.29) is 12.4 Å². The van der Waals surface area contributed by atoms with Crippen LogP contribution in [-0.2, 0) is 13.0 Å². The largest absolute Gasteiger partial charge is 0.316 e. The molecule has 2 aliphatic heterocycles. The molecule has 1 fully saturated rings. The van der Waals surface area contributed by atoms with Gasteiger partial charge < -0.3 is 5.32 Å². The van der Waals surface area contributed by atoms with Crippen molar-refractivity contribution in [3.05, 3.63) is 33.8 Å². The lowest BCUT2D eigenvalue weighted by atomic mass is 9.86. The lowest BCUT2D eigenvalue weighted by molar-refractivity contribution is 0.119. The fourth-order valence-corrected chi connectivity index (χ4v) is 3.88. The smallest absolute Gasteiger partial charge is 0.0240 e. The minimum absolute atomic E-state index is 0. The second-order valence-corrected chi connectivity index (χ2v) is 7.52. The van der Waals surface area contributed by atoms with E-state index in [0.29, 0.717) is 11.5 Å². The van der Waals surface area contributed by atoms with Crippen LogP contribution in [0.4, 0.5) is 0 Å². The van der Waals surface area contributed by atoms with Crippen LogP contribution in [0.2, 0.25) is 0 Å². The van der Waals surface area contributed by atoms with Crippen LogP contribution in [0.1, 0.15) is 31.4 Å². The van der Waals surface area contributed by atoms with Crippen LogP contribution in [0.15, 0.2) is 22.7 Å². The molecule has 0 radical (unpaired) electrons. The van der Waals surface area contributed by atoms with Crippen molar-refractivity contribution in [2.24, 2.45) is 5.41 Å². The number of nitrogens with zero attached hydrogens (tertiary/aromatic N) is 1. The summed E-state index contributed by atoms with van der Waals surface area (Å²) in [5, 5.41) is 3.51. The Morgan fingerprint density at radius 2 is 2.20 bits per heavy atom. The monoisotopic (exact) mass is 358 g/mol. The highest BCUT2D eigenvalue weighted by atomic mass is 79.9. The van der Waals surface area contributed by atoms with Crippen LogP contribution >= 0.6 is 28.3 Å². The zero-order valence-electron chi connectivity index (χ0n) is 12.3. The van der Waals surface area contributed by atoms with Gasteiger partial charge in [-0.15, -0.1) is 12.4 Å². The van der Waals surface area contributed by atoms with E-state index >= 15 is 0 Å². The number of nitrogens with one attached hydrogen (secondary N) is 1. The molecule has 0 bridgehead atoms. The normalized spacial score (nSPS) is 29.9. The first-order chi connectivity index (χ1) is 9.06. The maximum atomic E-state index is 3.60. The van der Waals surface area contributed by atoms with Gasteiger partial charge in [0, 0.05) is 30.1 Å². The highest BCUT2D eigenvalue weighted by Gasteiger charge is 2.33. The molecule has 0 aliphatic carbocycles. The summed E-state index contributed by atoms with van der Waals surface area (Å²) in [6, 6.07) is 7.41. The van der Waals surface area contributed by atoms with E-state index in [1.165, 1.54) is 48.1 Å². The van der Waals surface area contributed by atoms with Crippen molar-refractivity contribution in [2.45, 2.75) is 39.3 Å². The Morgan fingerprint density at radius 1 is 1.40 bits per heavy atom. The van der Waals surface area contributed by atoms with Crippen LogP contribution in [0.25, 0.3) is 0 Å². The SMILES string of the molecule is CC1Cc2ccc(Br)cc2CN1CC1(C)CCNC1.Cl. The molecule has 3 rings (SSSR count). The van der Waals surface area contributed by atoms with Gasteiger partial charge in [-0.3, -0.25) is 4.90 Å². The van der Waals surface area contributed by atoms with Crippen molar-refractivity contribution in [3.8, 4) is 0 Å². The molecule has 4 heteroatoms. The Hall–Kier alpha value is -0.0900. The highest BCUT2D eigenvalue weighted by Crippen LogP contribution is 2.31. The van der Waals surface area contributed by atoms with Crippen molar-refractivity contribution < 1.29 is 0 Å². The Balaban J connectivity index is 0.00000147. The topological polar surface area (TPSA) is 15.3 Å². The first kappa shape index (κ1) is 16.3. The Bertz CT molecular complexity index is 472. The van der Waals surface area contributed by atoms with Crippen molar-refractivity contribution in [1.29, 1.82) is 0 Å². The quantitative estimate of drug-likeness (QED) is 0.867. The number of fused-ring (bicyclic) bond motifs is 1. The minimum atomic E-state index is 0. The zero-order chi connectivity index (χ0) is 13.5. The van der Waals surface area contributed by atoms with Crippen molar-refractivity contribution in [2.75, 3.05) is 19.6 Å². The van der Waals surface area contributed by atoms with Gasteiger partial charge in [-0.25, -0.2) is 0 Å². The molecule has 2 atom stereocenters. The first-order valence-electron chi connectivity index (χ1n) is 7.28. The fraction of sp³-hybridized carbons (Fsp3) is 0.625. The lowest BCUT2D eigenvalue weighted by Gasteiger charge is -2.39. The number of halogens is 2. The number of benzene rings is 1. The average molecular weight is 360 g/mol. The standard InChI is InChI=1S/C16H23BrN2.ClH/c1-12-7-13-3-4-15(17)8-14(13)9-19(12)11-16(2)5-6-18-10-16;/h3-4,8,12,18H,5-7,9-11H2,1-2H3;1H. The molecule has 0 spiro atoms. The summed E-state index contributed by atoms with van der Waals surface area (Å²) in [5.74, 6) is 0. The molecule has 0 aromatic heterocycles. The summed E-state index contributed by atoms with van der Waals surface area (Å²) in [6.45, 7) is 9.47. The molecule has 1 aromatic carbocycles. The minimum Gasteiger partial charge on any atom is -0.316 e. The van der Waals surface area contributed by atoms with Gasteiger partial charge >= 0.3 is 0 Å². The Labute approximate surface area is 136 Å². The van der Waals surface area contributed by atoms with Crippen LogP contribution < -0.4 is 5.32 Å². The van der Waals surface area contributed by atoms with Crippen LogP contribution in [-0.4, -0.2) is 30.6 Å². The Morgan fingerprint density at radius 3 is 2.90 bits per heavy atom. The van der Waals surface area contributed by atoms with Gasteiger partial charge in [0.25, 0.3) is 0 Å². The average Bonchev–Trinajstić information content (AvgIpc) is 2.78.